The number of aliphatic hydroxyl groups excluding tert-OH is 1. The fourth-order valence-corrected chi connectivity index (χ4v) is 4.64. The molecular formula is C19H20O5S. The Bertz CT molecular complexity index is 849. The van der Waals surface area contributed by atoms with E-state index < -0.39 is 17.5 Å². The highest BCUT2D eigenvalue weighted by Crippen LogP contribution is 2.50. The Morgan fingerprint density at radius 2 is 2.00 bits per heavy atom. The van der Waals surface area contributed by atoms with Crippen LogP contribution < -0.4 is 0 Å². The van der Waals surface area contributed by atoms with Gasteiger partial charge in [0.05, 0.1) is 28.0 Å². The number of carbonyl (C=O) groups is 2. The minimum Gasteiger partial charge on any atom is -0.478 e. The number of fused-ring (bicyclic) bond motifs is 1. The summed E-state index contributed by atoms with van der Waals surface area (Å²) in [6.07, 6.45) is -0.800. The first-order chi connectivity index (χ1) is 11.8. The average Bonchev–Trinajstić information content (AvgIpc) is 2.94. The molecule has 0 saturated carbocycles. The highest BCUT2D eigenvalue weighted by atomic mass is 32.1. The smallest absolute Gasteiger partial charge is 0.337 e. The lowest BCUT2D eigenvalue weighted by molar-refractivity contribution is 0.0313. The molecule has 3 rings (SSSR count). The lowest BCUT2D eigenvalue weighted by Gasteiger charge is -2.34. The molecule has 5 nitrogen and oxygen atoms in total. The average molecular weight is 360 g/mol. The zero-order valence-corrected chi connectivity index (χ0v) is 15.1. The number of carboxylic acids is 1. The number of methoxy groups -OCH3 is 1. The standard InChI is InChI=1S/C19H20O5S/c1-19(2)8-12(20)16-13(17(19)21)14(18(22)23)15(25-16)11-7-5-4-6-10(11)9-24-3/h4-7,17,21H,8-9H2,1-3H3,(H,22,23). The van der Waals surface area contributed by atoms with Crippen molar-refractivity contribution in [2.24, 2.45) is 5.41 Å². The van der Waals surface area contributed by atoms with E-state index in [1.165, 1.54) is 0 Å². The summed E-state index contributed by atoms with van der Waals surface area (Å²) in [7, 11) is 1.57. The van der Waals surface area contributed by atoms with Gasteiger partial charge in [0, 0.05) is 24.5 Å². The minimum atomic E-state index is -1.13. The van der Waals surface area contributed by atoms with E-state index in [1.807, 2.05) is 24.3 Å². The van der Waals surface area contributed by atoms with E-state index in [0.717, 1.165) is 22.5 Å². The Labute approximate surface area is 149 Å². The largest absolute Gasteiger partial charge is 0.478 e. The predicted molar refractivity (Wildman–Crippen MR) is 95.1 cm³/mol. The van der Waals surface area contributed by atoms with Gasteiger partial charge in [0.25, 0.3) is 0 Å². The van der Waals surface area contributed by atoms with E-state index in [1.54, 1.807) is 21.0 Å². The summed E-state index contributed by atoms with van der Waals surface area (Å²) in [6, 6.07) is 7.36. The van der Waals surface area contributed by atoms with Gasteiger partial charge in [-0.15, -0.1) is 11.3 Å². The van der Waals surface area contributed by atoms with Crippen molar-refractivity contribution < 1.29 is 24.5 Å². The summed E-state index contributed by atoms with van der Waals surface area (Å²) >= 11 is 1.15. The van der Waals surface area contributed by atoms with Crippen molar-refractivity contribution in [1.82, 2.24) is 0 Å². The van der Waals surface area contributed by atoms with Gasteiger partial charge in [-0.2, -0.15) is 0 Å². The maximum Gasteiger partial charge on any atom is 0.337 e. The fraction of sp³-hybridized carbons (Fsp3) is 0.368. The number of hydrogen-bond donors (Lipinski definition) is 2. The molecule has 1 aromatic heterocycles. The number of carboxylic acid groups (broad SMARTS) is 1. The Morgan fingerprint density at radius 1 is 1.32 bits per heavy atom. The van der Waals surface area contributed by atoms with E-state index in [2.05, 4.69) is 0 Å². The molecule has 0 saturated heterocycles. The molecule has 1 aliphatic carbocycles. The van der Waals surface area contributed by atoms with Crippen LogP contribution in [0.15, 0.2) is 24.3 Å². The first-order valence-corrected chi connectivity index (χ1v) is 8.78. The third-order valence-electron chi connectivity index (χ3n) is 4.60. The van der Waals surface area contributed by atoms with Crippen molar-refractivity contribution in [1.29, 1.82) is 0 Å². The maximum atomic E-state index is 12.6. The summed E-state index contributed by atoms with van der Waals surface area (Å²) in [5.74, 6) is -1.25. The lowest BCUT2D eigenvalue weighted by atomic mass is 9.72. The second-order valence-corrected chi connectivity index (χ2v) is 7.96. The van der Waals surface area contributed by atoms with Crippen LogP contribution in [0.1, 0.15) is 57.5 Å². The first kappa shape index (κ1) is 17.8. The van der Waals surface area contributed by atoms with Crippen LogP contribution in [0.4, 0.5) is 0 Å². The lowest BCUT2D eigenvalue weighted by Crippen LogP contribution is -2.31. The SMILES string of the molecule is COCc1ccccc1-c1sc2c(c1C(=O)O)C(O)C(C)(C)CC2=O. The van der Waals surface area contributed by atoms with Crippen LogP contribution >= 0.6 is 11.3 Å². The molecule has 6 heteroatoms. The van der Waals surface area contributed by atoms with Crippen molar-refractivity contribution in [3.63, 3.8) is 0 Å². The number of benzene rings is 1. The normalized spacial score (nSPS) is 18.9. The molecule has 0 aliphatic heterocycles. The monoisotopic (exact) mass is 360 g/mol. The van der Waals surface area contributed by atoms with Gasteiger partial charge in [-0.05, 0) is 11.1 Å². The van der Waals surface area contributed by atoms with E-state index >= 15 is 0 Å². The summed E-state index contributed by atoms with van der Waals surface area (Å²) in [5.41, 5.74) is 1.14. The molecule has 132 valence electrons. The number of carbonyl (C=O) groups excluding carboxylic acids is 1. The van der Waals surface area contributed by atoms with E-state index in [0.29, 0.717) is 16.4 Å². The van der Waals surface area contributed by atoms with Gasteiger partial charge < -0.3 is 14.9 Å². The highest BCUT2D eigenvalue weighted by Gasteiger charge is 2.44. The highest BCUT2D eigenvalue weighted by molar-refractivity contribution is 7.18. The molecule has 1 atom stereocenters. The number of hydrogen-bond acceptors (Lipinski definition) is 5. The molecule has 2 N–H and O–H groups in total. The Morgan fingerprint density at radius 3 is 2.64 bits per heavy atom. The summed E-state index contributed by atoms with van der Waals surface area (Å²) in [5, 5.41) is 20.6. The molecule has 2 aromatic rings. The molecule has 0 spiro atoms. The Balaban J connectivity index is 2.30. The molecular weight excluding hydrogens is 340 g/mol. The third kappa shape index (κ3) is 2.90. The number of Topliss-reactive ketones (excluding diaryl/α,β-unsaturated/α-hetero) is 1. The topological polar surface area (TPSA) is 83.8 Å². The van der Waals surface area contributed by atoms with Crippen LogP contribution in [0.2, 0.25) is 0 Å². The molecule has 1 aliphatic rings. The zero-order valence-electron chi connectivity index (χ0n) is 14.3. The molecule has 1 aromatic carbocycles. The number of ketones is 1. The Kier molecular flexibility index (Phi) is 4.53. The fourth-order valence-electron chi connectivity index (χ4n) is 3.32. The van der Waals surface area contributed by atoms with Crippen LogP contribution in [-0.4, -0.2) is 29.1 Å². The van der Waals surface area contributed by atoms with Gasteiger partial charge in [0.2, 0.25) is 0 Å². The summed E-state index contributed by atoms with van der Waals surface area (Å²) < 4.78 is 5.21. The maximum absolute atomic E-state index is 12.6. The molecule has 0 bridgehead atoms. The second-order valence-electron chi connectivity index (χ2n) is 6.94. The van der Waals surface area contributed by atoms with Crippen LogP contribution in [-0.2, 0) is 11.3 Å². The van der Waals surface area contributed by atoms with Crippen molar-refractivity contribution in [3.8, 4) is 10.4 Å². The van der Waals surface area contributed by atoms with Crippen LogP contribution in [0.3, 0.4) is 0 Å². The zero-order chi connectivity index (χ0) is 18.4. The Hall–Kier alpha value is -2.02. The van der Waals surface area contributed by atoms with Gasteiger partial charge in [0.15, 0.2) is 5.78 Å². The predicted octanol–water partition coefficient (Wildman–Crippen LogP) is 3.91. The number of aromatic carboxylic acids is 1. The number of aliphatic hydroxyl groups is 1. The van der Waals surface area contributed by atoms with E-state index in [9.17, 15) is 19.8 Å². The number of thiophene rings is 1. The summed E-state index contributed by atoms with van der Waals surface area (Å²) in [4.78, 5) is 25.4. The first-order valence-electron chi connectivity index (χ1n) is 7.96. The van der Waals surface area contributed by atoms with Gasteiger partial charge in [-0.25, -0.2) is 4.79 Å². The van der Waals surface area contributed by atoms with E-state index in [-0.39, 0.29) is 23.3 Å². The van der Waals surface area contributed by atoms with E-state index in [4.69, 9.17) is 4.74 Å². The van der Waals surface area contributed by atoms with Gasteiger partial charge in [-0.3, -0.25) is 4.79 Å². The second kappa shape index (κ2) is 6.37. The molecule has 0 amide bonds. The summed E-state index contributed by atoms with van der Waals surface area (Å²) in [6.45, 7) is 3.89. The molecule has 1 unspecified atom stereocenters. The molecule has 25 heavy (non-hydrogen) atoms. The van der Waals surface area contributed by atoms with Crippen molar-refractivity contribution in [3.05, 3.63) is 45.8 Å². The minimum absolute atomic E-state index is 0.0252. The van der Waals surface area contributed by atoms with Gasteiger partial charge in [-0.1, -0.05) is 38.1 Å². The van der Waals surface area contributed by atoms with Crippen LogP contribution in [0, 0.1) is 5.41 Å². The quantitative estimate of drug-likeness (QED) is 0.864. The number of ether oxygens (including phenoxy) is 1. The number of rotatable bonds is 4. The molecule has 0 radical (unpaired) electrons. The molecule has 1 heterocycles. The van der Waals surface area contributed by atoms with Gasteiger partial charge in [0.1, 0.15) is 0 Å². The molecule has 0 fully saturated rings. The van der Waals surface area contributed by atoms with Crippen molar-refractivity contribution in [2.75, 3.05) is 7.11 Å². The third-order valence-corrected chi connectivity index (χ3v) is 5.88. The van der Waals surface area contributed by atoms with Crippen LogP contribution in [0.5, 0.6) is 0 Å². The van der Waals surface area contributed by atoms with Crippen molar-refractivity contribution in [2.45, 2.75) is 33.0 Å². The van der Waals surface area contributed by atoms with Crippen LogP contribution in [0.25, 0.3) is 10.4 Å². The van der Waals surface area contributed by atoms with Crippen molar-refractivity contribution >= 4 is 23.1 Å². The van der Waals surface area contributed by atoms with Gasteiger partial charge >= 0.3 is 5.97 Å².